The molecular formula is C22H28N6O4. The number of aryl methyl sites for hydroxylation is 2. The van der Waals surface area contributed by atoms with E-state index in [9.17, 15) is 9.59 Å². The van der Waals surface area contributed by atoms with E-state index in [4.69, 9.17) is 20.2 Å². The fourth-order valence-corrected chi connectivity index (χ4v) is 4.11. The van der Waals surface area contributed by atoms with Crippen LogP contribution in [0.2, 0.25) is 0 Å². The van der Waals surface area contributed by atoms with Crippen molar-refractivity contribution in [3.63, 3.8) is 0 Å². The molecule has 2 aromatic heterocycles. The summed E-state index contributed by atoms with van der Waals surface area (Å²) in [5.41, 5.74) is 8.50. The Labute approximate surface area is 185 Å². The third kappa shape index (κ3) is 3.93. The van der Waals surface area contributed by atoms with Crippen molar-refractivity contribution in [2.75, 3.05) is 25.1 Å². The summed E-state index contributed by atoms with van der Waals surface area (Å²) < 4.78 is 14.5. The van der Waals surface area contributed by atoms with Gasteiger partial charge in [0.1, 0.15) is 11.3 Å². The molecule has 1 saturated heterocycles. The monoisotopic (exact) mass is 440 g/mol. The number of imidazole rings is 1. The van der Waals surface area contributed by atoms with E-state index in [2.05, 4.69) is 10.3 Å². The molecule has 3 N–H and O–H groups in total. The standard InChI is InChI=1S/C22H28N6O4/c1-4-27-17-12-24-21(26-20(17)28(22(27)30)14-6-8-31-9-7-14)25-16-11-18(32-5-2)15(19(23)29)10-13(16)3/h10-12,14H,4-9H2,1-3H3,(H2,23,29)(H,24,25,26). The van der Waals surface area contributed by atoms with Gasteiger partial charge >= 0.3 is 5.69 Å². The van der Waals surface area contributed by atoms with Gasteiger partial charge in [-0.05, 0) is 45.2 Å². The number of hydrogen-bond donors (Lipinski definition) is 2. The molecule has 3 aromatic rings. The number of rotatable bonds is 7. The Morgan fingerprint density at radius 1 is 1.31 bits per heavy atom. The van der Waals surface area contributed by atoms with Crippen LogP contribution < -0.4 is 21.5 Å². The first-order valence-electron chi connectivity index (χ1n) is 10.8. The molecule has 10 nitrogen and oxygen atoms in total. The summed E-state index contributed by atoms with van der Waals surface area (Å²) in [6.07, 6.45) is 3.20. The lowest BCUT2D eigenvalue weighted by molar-refractivity contribution is 0.0694. The maximum atomic E-state index is 13.1. The topological polar surface area (TPSA) is 126 Å². The smallest absolute Gasteiger partial charge is 0.330 e. The Balaban J connectivity index is 1.77. The quantitative estimate of drug-likeness (QED) is 0.578. The van der Waals surface area contributed by atoms with Gasteiger partial charge in [-0.2, -0.15) is 4.98 Å². The van der Waals surface area contributed by atoms with Crippen LogP contribution in [0, 0.1) is 6.92 Å². The number of hydrogen-bond acceptors (Lipinski definition) is 7. The number of nitrogens with two attached hydrogens (primary N) is 1. The van der Waals surface area contributed by atoms with Crippen molar-refractivity contribution < 1.29 is 14.3 Å². The fourth-order valence-electron chi connectivity index (χ4n) is 4.11. The van der Waals surface area contributed by atoms with Gasteiger partial charge in [0.2, 0.25) is 5.95 Å². The third-order valence-corrected chi connectivity index (χ3v) is 5.72. The van der Waals surface area contributed by atoms with E-state index in [1.807, 2.05) is 20.8 Å². The minimum atomic E-state index is -0.554. The van der Waals surface area contributed by atoms with E-state index < -0.39 is 5.91 Å². The maximum Gasteiger partial charge on any atom is 0.330 e. The minimum Gasteiger partial charge on any atom is -0.493 e. The highest BCUT2D eigenvalue weighted by atomic mass is 16.5. The van der Waals surface area contributed by atoms with E-state index in [0.717, 1.165) is 18.4 Å². The van der Waals surface area contributed by atoms with Gasteiger partial charge in [-0.3, -0.25) is 13.9 Å². The Morgan fingerprint density at radius 3 is 2.72 bits per heavy atom. The average molecular weight is 441 g/mol. The largest absolute Gasteiger partial charge is 0.493 e. The summed E-state index contributed by atoms with van der Waals surface area (Å²) in [7, 11) is 0. The van der Waals surface area contributed by atoms with Crippen LogP contribution in [0.1, 0.15) is 48.7 Å². The van der Waals surface area contributed by atoms with E-state index in [1.54, 1.807) is 27.5 Å². The highest BCUT2D eigenvalue weighted by Crippen LogP contribution is 2.29. The lowest BCUT2D eigenvalue weighted by Crippen LogP contribution is -2.30. The first-order valence-corrected chi connectivity index (χ1v) is 10.8. The average Bonchev–Trinajstić information content (AvgIpc) is 3.06. The van der Waals surface area contributed by atoms with Crippen molar-refractivity contribution in [1.29, 1.82) is 0 Å². The number of benzene rings is 1. The normalized spacial score (nSPS) is 14.6. The lowest BCUT2D eigenvalue weighted by atomic mass is 10.1. The van der Waals surface area contributed by atoms with Gasteiger partial charge < -0.3 is 20.5 Å². The van der Waals surface area contributed by atoms with Crippen molar-refractivity contribution in [3.05, 3.63) is 39.9 Å². The molecule has 0 unspecified atom stereocenters. The van der Waals surface area contributed by atoms with Crippen LogP contribution in [0.25, 0.3) is 11.2 Å². The predicted octanol–water partition coefficient (Wildman–Crippen LogP) is 2.51. The second-order valence-corrected chi connectivity index (χ2v) is 7.73. The number of nitrogens with zero attached hydrogens (tertiary/aromatic N) is 4. The minimum absolute atomic E-state index is 0.0374. The van der Waals surface area contributed by atoms with Crippen LogP contribution in [0.4, 0.5) is 11.6 Å². The summed E-state index contributed by atoms with van der Waals surface area (Å²) >= 11 is 0. The number of anilines is 2. The molecular weight excluding hydrogens is 412 g/mol. The highest BCUT2D eigenvalue weighted by Gasteiger charge is 2.24. The molecule has 1 aromatic carbocycles. The number of aromatic nitrogens is 4. The zero-order chi connectivity index (χ0) is 22.8. The maximum absolute atomic E-state index is 13.1. The van der Waals surface area contributed by atoms with Crippen LogP contribution in [-0.2, 0) is 11.3 Å². The fraction of sp³-hybridized carbons (Fsp3) is 0.455. The summed E-state index contributed by atoms with van der Waals surface area (Å²) in [5, 5.41) is 3.20. The predicted molar refractivity (Wildman–Crippen MR) is 121 cm³/mol. The molecule has 1 fully saturated rings. The molecule has 10 heteroatoms. The molecule has 0 aliphatic carbocycles. The molecule has 32 heavy (non-hydrogen) atoms. The van der Waals surface area contributed by atoms with Crippen molar-refractivity contribution in [2.45, 2.75) is 46.2 Å². The first kappa shape index (κ1) is 21.8. The second kappa shape index (κ2) is 8.99. The Hall–Kier alpha value is -3.40. The molecule has 170 valence electrons. The van der Waals surface area contributed by atoms with E-state index >= 15 is 0 Å². The highest BCUT2D eigenvalue weighted by molar-refractivity contribution is 5.96. The van der Waals surface area contributed by atoms with Crippen LogP contribution in [0.15, 0.2) is 23.1 Å². The van der Waals surface area contributed by atoms with Crippen LogP contribution >= 0.6 is 0 Å². The molecule has 0 saturated carbocycles. The zero-order valence-corrected chi connectivity index (χ0v) is 18.6. The van der Waals surface area contributed by atoms with Crippen molar-refractivity contribution in [3.8, 4) is 5.75 Å². The van der Waals surface area contributed by atoms with Gasteiger partial charge in [0.15, 0.2) is 5.65 Å². The SMILES string of the molecule is CCOc1cc(Nc2ncc3c(n2)n(C2CCOCC2)c(=O)n3CC)c(C)cc1C(N)=O. The zero-order valence-electron chi connectivity index (χ0n) is 18.6. The molecule has 0 bridgehead atoms. The van der Waals surface area contributed by atoms with E-state index in [-0.39, 0.29) is 11.7 Å². The van der Waals surface area contributed by atoms with Crippen molar-refractivity contribution >= 4 is 28.7 Å². The van der Waals surface area contributed by atoms with E-state index in [1.165, 1.54) is 0 Å². The van der Waals surface area contributed by atoms with Gasteiger partial charge in [-0.15, -0.1) is 0 Å². The first-order chi connectivity index (χ1) is 15.4. The van der Waals surface area contributed by atoms with Gasteiger partial charge in [0.25, 0.3) is 5.91 Å². The number of nitrogens with one attached hydrogen (secondary N) is 1. The number of amides is 1. The Kier molecular flexibility index (Phi) is 6.13. The summed E-state index contributed by atoms with van der Waals surface area (Å²) in [6.45, 7) is 7.80. The number of carbonyl (C=O) groups excluding carboxylic acids is 1. The number of carbonyl (C=O) groups is 1. The van der Waals surface area contributed by atoms with Gasteiger partial charge in [0, 0.05) is 37.6 Å². The molecule has 3 heterocycles. The van der Waals surface area contributed by atoms with Crippen LogP contribution in [0.3, 0.4) is 0 Å². The number of fused-ring (bicyclic) bond motifs is 1. The summed E-state index contributed by atoms with van der Waals surface area (Å²) in [4.78, 5) is 34.0. The number of primary amides is 1. The number of ether oxygens (including phenoxy) is 2. The summed E-state index contributed by atoms with van der Waals surface area (Å²) in [5.74, 6) is 0.191. The van der Waals surface area contributed by atoms with E-state index in [0.29, 0.717) is 60.5 Å². The molecule has 4 rings (SSSR count). The summed E-state index contributed by atoms with van der Waals surface area (Å²) in [6, 6.07) is 3.44. The second-order valence-electron chi connectivity index (χ2n) is 7.73. The van der Waals surface area contributed by atoms with Gasteiger partial charge in [-0.1, -0.05) is 0 Å². The third-order valence-electron chi connectivity index (χ3n) is 5.72. The van der Waals surface area contributed by atoms with Gasteiger partial charge in [-0.25, -0.2) is 9.78 Å². The van der Waals surface area contributed by atoms with Crippen LogP contribution in [0.5, 0.6) is 5.75 Å². The molecule has 1 aliphatic rings. The van der Waals surface area contributed by atoms with Crippen molar-refractivity contribution in [2.24, 2.45) is 5.73 Å². The molecule has 1 aliphatic heterocycles. The van der Waals surface area contributed by atoms with Gasteiger partial charge in [0.05, 0.1) is 18.4 Å². The molecule has 0 atom stereocenters. The Bertz CT molecular complexity index is 1210. The molecule has 1 amide bonds. The van der Waals surface area contributed by atoms with Crippen LogP contribution in [-0.4, -0.2) is 44.8 Å². The lowest BCUT2D eigenvalue weighted by Gasteiger charge is -2.23. The molecule has 0 spiro atoms. The van der Waals surface area contributed by atoms with Crippen molar-refractivity contribution in [1.82, 2.24) is 19.1 Å². The molecule has 0 radical (unpaired) electrons. The Morgan fingerprint density at radius 2 is 2.06 bits per heavy atom.